The monoisotopic (exact) mass is 298 g/mol. The first kappa shape index (κ1) is 14.3. The van der Waals surface area contributed by atoms with Crippen molar-refractivity contribution in [3.8, 4) is 0 Å². The van der Waals surface area contributed by atoms with Crippen LogP contribution in [0.3, 0.4) is 0 Å². The molecule has 1 aliphatic heterocycles. The molecule has 2 heterocycles. The third-order valence-corrected chi connectivity index (χ3v) is 5.88. The lowest BCUT2D eigenvalue weighted by atomic mass is 9.76. The quantitative estimate of drug-likeness (QED) is 0.929. The summed E-state index contributed by atoms with van der Waals surface area (Å²) < 4.78 is 5.83. The molecule has 2 fully saturated rings. The van der Waals surface area contributed by atoms with E-state index in [1.54, 1.807) is 0 Å². The summed E-state index contributed by atoms with van der Waals surface area (Å²) in [6.45, 7) is 3.48. The van der Waals surface area contributed by atoms with Gasteiger partial charge in [0.15, 0.2) is 0 Å². The summed E-state index contributed by atoms with van der Waals surface area (Å²) in [5.74, 6) is 0. The molecule has 1 aliphatic carbocycles. The van der Waals surface area contributed by atoms with Crippen LogP contribution in [0.4, 0.5) is 0 Å². The number of fused-ring (bicyclic) bond motifs is 1. The molecular formula is C19H26N2O. The van der Waals surface area contributed by atoms with E-state index in [1.165, 1.54) is 61.7 Å². The fourth-order valence-corrected chi connectivity index (χ4v) is 4.86. The first-order chi connectivity index (χ1) is 10.8. The van der Waals surface area contributed by atoms with E-state index in [9.17, 15) is 0 Å². The van der Waals surface area contributed by atoms with Crippen molar-refractivity contribution in [2.75, 3.05) is 20.2 Å². The molecule has 118 valence electrons. The normalized spacial score (nSPS) is 29.6. The summed E-state index contributed by atoms with van der Waals surface area (Å²) in [4.78, 5) is 5.98. The van der Waals surface area contributed by atoms with Gasteiger partial charge >= 0.3 is 0 Å². The zero-order valence-electron chi connectivity index (χ0n) is 13.5. The molecule has 0 bridgehead atoms. The molecule has 1 aromatic carbocycles. The van der Waals surface area contributed by atoms with E-state index in [2.05, 4.69) is 34.1 Å². The van der Waals surface area contributed by atoms with Crippen molar-refractivity contribution in [1.82, 2.24) is 9.88 Å². The SMILES string of the molecule is CO[C@@H]1CCC[C@]12CCCN(Cc1cccc3[nH]ccc13)C2. The Morgan fingerprint density at radius 2 is 2.18 bits per heavy atom. The summed E-state index contributed by atoms with van der Waals surface area (Å²) in [7, 11) is 1.90. The lowest BCUT2D eigenvalue weighted by molar-refractivity contribution is -0.0365. The highest BCUT2D eigenvalue weighted by Gasteiger charge is 2.45. The average Bonchev–Trinajstić information content (AvgIpc) is 3.15. The molecule has 0 unspecified atom stereocenters. The zero-order chi connectivity index (χ0) is 15.0. The second-order valence-electron chi connectivity index (χ2n) is 7.15. The van der Waals surface area contributed by atoms with E-state index in [1.807, 2.05) is 13.3 Å². The maximum absolute atomic E-state index is 5.83. The minimum Gasteiger partial charge on any atom is -0.381 e. The number of ether oxygens (including phenoxy) is 1. The van der Waals surface area contributed by atoms with E-state index in [4.69, 9.17) is 4.74 Å². The van der Waals surface area contributed by atoms with Crippen LogP contribution in [0.25, 0.3) is 10.9 Å². The molecule has 0 radical (unpaired) electrons. The van der Waals surface area contributed by atoms with E-state index < -0.39 is 0 Å². The van der Waals surface area contributed by atoms with Crippen molar-refractivity contribution in [3.05, 3.63) is 36.0 Å². The lowest BCUT2D eigenvalue weighted by Gasteiger charge is -2.43. The van der Waals surface area contributed by atoms with Gasteiger partial charge in [0.25, 0.3) is 0 Å². The lowest BCUT2D eigenvalue weighted by Crippen LogP contribution is -2.47. The minimum atomic E-state index is 0.416. The van der Waals surface area contributed by atoms with Crippen LogP contribution in [-0.2, 0) is 11.3 Å². The molecule has 2 atom stereocenters. The molecule has 1 spiro atoms. The Hall–Kier alpha value is -1.32. The second kappa shape index (κ2) is 5.71. The van der Waals surface area contributed by atoms with Gasteiger partial charge in [-0.25, -0.2) is 0 Å². The van der Waals surface area contributed by atoms with Crippen LogP contribution >= 0.6 is 0 Å². The number of methoxy groups -OCH3 is 1. The predicted molar refractivity (Wildman–Crippen MR) is 89.9 cm³/mol. The number of benzene rings is 1. The number of piperidine rings is 1. The number of hydrogen-bond acceptors (Lipinski definition) is 2. The largest absolute Gasteiger partial charge is 0.381 e. The highest BCUT2D eigenvalue weighted by atomic mass is 16.5. The number of nitrogens with zero attached hydrogens (tertiary/aromatic N) is 1. The highest BCUT2D eigenvalue weighted by Crippen LogP contribution is 2.46. The van der Waals surface area contributed by atoms with Gasteiger partial charge in [-0.05, 0) is 49.9 Å². The minimum absolute atomic E-state index is 0.416. The maximum Gasteiger partial charge on any atom is 0.0639 e. The predicted octanol–water partition coefficient (Wildman–Crippen LogP) is 3.95. The van der Waals surface area contributed by atoms with Crippen LogP contribution in [0.15, 0.2) is 30.5 Å². The number of H-pyrrole nitrogens is 1. The van der Waals surface area contributed by atoms with E-state index in [0.29, 0.717) is 11.5 Å². The molecule has 1 aromatic heterocycles. The molecule has 1 saturated carbocycles. The Morgan fingerprint density at radius 3 is 3.09 bits per heavy atom. The van der Waals surface area contributed by atoms with Gasteiger partial charge in [0.1, 0.15) is 0 Å². The van der Waals surface area contributed by atoms with Crippen molar-refractivity contribution in [2.24, 2.45) is 5.41 Å². The summed E-state index contributed by atoms with van der Waals surface area (Å²) in [5.41, 5.74) is 3.11. The van der Waals surface area contributed by atoms with Crippen LogP contribution in [-0.4, -0.2) is 36.2 Å². The maximum atomic E-state index is 5.83. The van der Waals surface area contributed by atoms with Gasteiger partial charge < -0.3 is 9.72 Å². The Morgan fingerprint density at radius 1 is 1.27 bits per heavy atom. The van der Waals surface area contributed by atoms with Crippen molar-refractivity contribution in [1.29, 1.82) is 0 Å². The van der Waals surface area contributed by atoms with Gasteiger partial charge in [0, 0.05) is 42.7 Å². The van der Waals surface area contributed by atoms with Gasteiger partial charge in [0.05, 0.1) is 6.10 Å². The summed E-state index contributed by atoms with van der Waals surface area (Å²) in [6, 6.07) is 8.81. The van der Waals surface area contributed by atoms with E-state index in [0.717, 1.165) is 6.54 Å². The van der Waals surface area contributed by atoms with Crippen LogP contribution in [0, 0.1) is 5.41 Å². The summed E-state index contributed by atoms with van der Waals surface area (Å²) in [6.07, 6.45) is 9.09. The van der Waals surface area contributed by atoms with Crippen LogP contribution in [0.5, 0.6) is 0 Å². The number of aromatic nitrogens is 1. The standard InChI is InChI=1S/C19H26N2O/c1-22-18-7-3-9-19(18)10-4-12-21(14-19)13-15-5-2-6-17-16(15)8-11-20-17/h2,5-6,8,11,18,20H,3-4,7,9-10,12-14H2,1H3/t18-,19-/m1/s1. The van der Waals surface area contributed by atoms with Crippen molar-refractivity contribution >= 4 is 10.9 Å². The van der Waals surface area contributed by atoms with Crippen LogP contribution in [0.1, 0.15) is 37.7 Å². The molecule has 22 heavy (non-hydrogen) atoms. The third kappa shape index (κ3) is 2.37. The molecule has 1 saturated heterocycles. The molecule has 2 aliphatic rings. The zero-order valence-corrected chi connectivity index (χ0v) is 13.5. The molecule has 4 rings (SSSR count). The smallest absolute Gasteiger partial charge is 0.0639 e. The Bertz CT molecular complexity index is 650. The van der Waals surface area contributed by atoms with Gasteiger partial charge in [-0.1, -0.05) is 18.6 Å². The van der Waals surface area contributed by atoms with Crippen molar-refractivity contribution in [2.45, 2.75) is 44.8 Å². The van der Waals surface area contributed by atoms with E-state index >= 15 is 0 Å². The molecule has 1 N–H and O–H groups in total. The molecule has 3 nitrogen and oxygen atoms in total. The Kier molecular flexibility index (Phi) is 3.71. The second-order valence-corrected chi connectivity index (χ2v) is 7.15. The van der Waals surface area contributed by atoms with Crippen molar-refractivity contribution in [3.63, 3.8) is 0 Å². The number of aromatic amines is 1. The third-order valence-electron chi connectivity index (χ3n) is 5.88. The van der Waals surface area contributed by atoms with Gasteiger partial charge in [-0.2, -0.15) is 0 Å². The van der Waals surface area contributed by atoms with Gasteiger partial charge in [-0.3, -0.25) is 4.90 Å². The molecule has 0 amide bonds. The fourth-order valence-electron chi connectivity index (χ4n) is 4.86. The fraction of sp³-hybridized carbons (Fsp3) is 0.579. The molecule has 2 aromatic rings. The number of likely N-dealkylation sites (tertiary alicyclic amines) is 1. The number of nitrogens with one attached hydrogen (secondary N) is 1. The first-order valence-corrected chi connectivity index (χ1v) is 8.61. The van der Waals surface area contributed by atoms with Crippen LogP contribution < -0.4 is 0 Å². The molecular weight excluding hydrogens is 272 g/mol. The molecule has 3 heteroatoms. The highest BCUT2D eigenvalue weighted by molar-refractivity contribution is 5.82. The Balaban J connectivity index is 1.55. The number of hydrogen-bond donors (Lipinski definition) is 1. The van der Waals surface area contributed by atoms with E-state index in [-0.39, 0.29) is 0 Å². The summed E-state index contributed by atoms with van der Waals surface area (Å²) in [5, 5.41) is 1.37. The topological polar surface area (TPSA) is 28.3 Å². The summed E-state index contributed by atoms with van der Waals surface area (Å²) >= 11 is 0. The van der Waals surface area contributed by atoms with Gasteiger partial charge in [0.2, 0.25) is 0 Å². The van der Waals surface area contributed by atoms with Crippen LogP contribution in [0.2, 0.25) is 0 Å². The average molecular weight is 298 g/mol. The van der Waals surface area contributed by atoms with Gasteiger partial charge in [-0.15, -0.1) is 0 Å². The first-order valence-electron chi connectivity index (χ1n) is 8.61. The number of rotatable bonds is 3. The van der Waals surface area contributed by atoms with Crippen molar-refractivity contribution < 1.29 is 4.74 Å². The Labute approximate surface area is 132 Å².